The lowest BCUT2D eigenvalue weighted by molar-refractivity contribution is 0.0931. The molecule has 0 spiro atoms. The van der Waals surface area contributed by atoms with Gasteiger partial charge in [-0.3, -0.25) is 28.7 Å². The largest absolute Gasteiger partial charge is 0.439 e. The Morgan fingerprint density at radius 1 is 0.979 bits per heavy atom. The highest BCUT2D eigenvalue weighted by Crippen LogP contribution is 2.33. The lowest BCUT2D eigenvalue weighted by Crippen LogP contribution is -2.36. The predicted molar refractivity (Wildman–Crippen MR) is 169 cm³/mol. The van der Waals surface area contributed by atoms with E-state index in [9.17, 15) is 24.0 Å². The van der Waals surface area contributed by atoms with Gasteiger partial charge in [0.2, 0.25) is 0 Å². The van der Waals surface area contributed by atoms with Gasteiger partial charge in [-0.1, -0.05) is 41.6 Å². The zero-order chi connectivity index (χ0) is 32.8. The van der Waals surface area contributed by atoms with E-state index in [1.165, 1.54) is 16.6 Å². The standard InChI is InChI=1S/C31H26N10O6/c32-22-11-23-36-20(29(44)37-19-7-5-16-9-17(4-6-18(16)19)28-38-31(46)47-40-28)10-21(41(23)39-22)30(45)35-13-15-3-1-2-14(8-15)12-34-25-24(33)26(42)27(25)43/h1-4,6,8-11,19,34H,5,7,12-13,33H2,(H2,32,39)(H,35,45)(H,37,44)(H,38,40,46)/t19-/m0/s1. The third-order valence-electron chi connectivity index (χ3n) is 8.01. The number of carbonyl (C=O) groups is 2. The van der Waals surface area contributed by atoms with Gasteiger partial charge >= 0.3 is 5.76 Å². The molecule has 1 atom stereocenters. The third-order valence-corrected chi connectivity index (χ3v) is 8.01. The molecule has 236 valence electrons. The number of anilines is 3. The molecule has 0 radical (unpaired) electrons. The van der Waals surface area contributed by atoms with Crippen LogP contribution < -0.4 is 44.0 Å². The maximum absolute atomic E-state index is 13.5. The second-order valence-corrected chi connectivity index (χ2v) is 11.1. The van der Waals surface area contributed by atoms with Gasteiger partial charge in [0.15, 0.2) is 11.5 Å². The summed E-state index contributed by atoms with van der Waals surface area (Å²) in [5.74, 6) is -1.19. The molecule has 6 aromatic rings. The van der Waals surface area contributed by atoms with Crippen LogP contribution in [0, 0.1) is 0 Å². The normalized spacial score (nSPS) is 13.9. The van der Waals surface area contributed by atoms with Crippen molar-refractivity contribution in [3.63, 3.8) is 0 Å². The molecule has 0 aliphatic heterocycles. The van der Waals surface area contributed by atoms with Crippen LogP contribution in [0.15, 0.2) is 73.5 Å². The van der Waals surface area contributed by atoms with Crippen molar-refractivity contribution in [1.29, 1.82) is 0 Å². The minimum atomic E-state index is -0.698. The summed E-state index contributed by atoms with van der Waals surface area (Å²) in [6.07, 6.45) is 1.33. The maximum Gasteiger partial charge on any atom is 0.439 e. The molecule has 1 aliphatic carbocycles. The minimum absolute atomic E-state index is 0.0125. The van der Waals surface area contributed by atoms with Gasteiger partial charge in [-0.15, -0.1) is 5.10 Å². The molecule has 8 N–H and O–H groups in total. The summed E-state index contributed by atoms with van der Waals surface area (Å²) in [6, 6.07) is 15.3. The van der Waals surface area contributed by atoms with Crippen LogP contribution in [0.1, 0.15) is 55.7 Å². The first-order valence-electron chi connectivity index (χ1n) is 14.5. The molecule has 7 rings (SSSR count). The Hall–Kier alpha value is -6.58. The highest BCUT2D eigenvalue weighted by molar-refractivity contribution is 5.98. The predicted octanol–water partition coefficient (Wildman–Crippen LogP) is 0.792. The molecular formula is C31H26N10O6. The van der Waals surface area contributed by atoms with Crippen molar-refractivity contribution in [2.75, 3.05) is 16.8 Å². The number of amides is 2. The van der Waals surface area contributed by atoms with E-state index in [1.807, 2.05) is 30.3 Å². The summed E-state index contributed by atoms with van der Waals surface area (Å²) in [6.45, 7) is 0.391. The quantitative estimate of drug-likeness (QED) is 0.121. The van der Waals surface area contributed by atoms with Gasteiger partial charge in [0.05, 0.1) is 6.04 Å². The number of nitrogen functional groups attached to an aromatic ring is 2. The van der Waals surface area contributed by atoms with Gasteiger partial charge in [-0.05, 0) is 41.2 Å². The van der Waals surface area contributed by atoms with Gasteiger partial charge in [-0.2, -0.15) is 0 Å². The van der Waals surface area contributed by atoms with Crippen molar-refractivity contribution >= 4 is 34.7 Å². The number of hydrogen-bond donors (Lipinski definition) is 6. The molecule has 0 fully saturated rings. The van der Waals surface area contributed by atoms with Crippen LogP contribution in [-0.2, 0) is 19.5 Å². The van der Waals surface area contributed by atoms with E-state index < -0.39 is 28.4 Å². The van der Waals surface area contributed by atoms with Gasteiger partial charge in [0, 0.05) is 30.8 Å². The fraction of sp³-hybridized carbons (Fsp3) is 0.161. The van der Waals surface area contributed by atoms with Crippen molar-refractivity contribution in [3.05, 3.63) is 119 Å². The molecular weight excluding hydrogens is 608 g/mol. The molecule has 47 heavy (non-hydrogen) atoms. The molecule has 16 heteroatoms. The number of aromatic amines is 1. The minimum Gasteiger partial charge on any atom is -0.394 e. The molecule has 0 saturated carbocycles. The van der Waals surface area contributed by atoms with Crippen molar-refractivity contribution in [2.45, 2.75) is 32.0 Å². The summed E-state index contributed by atoms with van der Waals surface area (Å²) in [7, 11) is 0. The van der Waals surface area contributed by atoms with Crippen LogP contribution in [0.2, 0.25) is 0 Å². The fourth-order valence-corrected chi connectivity index (χ4v) is 5.67. The van der Waals surface area contributed by atoms with Crippen LogP contribution in [0.5, 0.6) is 0 Å². The Kier molecular flexibility index (Phi) is 7.07. The zero-order valence-electron chi connectivity index (χ0n) is 24.5. The summed E-state index contributed by atoms with van der Waals surface area (Å²) in [5.41, 5.74) is 14.6. The molecule has 3 heterocycles. The summed E-state index contributed by atoms with van der Waals surface area (Å²) >= 11 is 0. The SMILES string of the molecule is Nc1cc2nc(C(=O)N[C@H]3CCc4cc(-c5noc(=O)[nH]5)ccc43)cc(C(=O)NCc3cccc(CNc4c(N)c(=O)c4=O)c3)n2n1. The van der Waals surface area contributed by atoms with E-state index in [4.69, 9.17) is 11.5 Å². The zero-order valence-corrected chi connectivity index (χ0v) is 24.5. The van der Waals surface area contributed by atoms with Crippen LogP contribution in [0.25, 0.3) is 17.0 Å². The van der Waals surface area contributed by atoms with E-state index in [0.717, 1.165) is 22.3 Å². The molecule has 3 aromatic heterocycles. The lowest BCUT2D eigenvalue weighted by atomic mass is 10.0. The number of aryl methyl sites for hydroxylation is 1. The molecule has 3 aromatic carbocycles. The average molecular weight is 635 g/mol. The fourth-order valence-electron chi connectivity index (χ4n) is 5.67. The molecule has 0 saturated heterocycles. The Balaban J connectivity index is 1.06. The van der Waals surface area contributed by atoms with Crippen LogP contribution in [0.3, 0.4) is 0 Å². The number of carbonyl (C=O) groups excluding carboxylic acids is 2. The van der Waals surface area contributed by atoms with E-state index >= 15 is 0 Å². The van der Waals surface area contributed by atoms with Crippen molar-refractivity contribution < 1.29 is 14.1 Å². The first-order chi connectivity index (χ1) is 22.6. The average Bonchev–Trinajstić information content (AvgIpc) is 3.80. The molecule has 0 unspecified atom stereocenters. The van der Waals surface area contributed by atoms with Crippen molar-refractivity contribution in [2.24, 2.45) is 0 Å². The maximum atomic E-state index is 13.5. The summed E-state index contributed by atoms with van der Waals surface area (Å²) in [4.78, 5) is 68.2. The first-order valence-corrected chi connectivity index (χ1v) is 14.5. The number of nitrogens with two attached hydrogens (primary N) is 2. The number of nitrogens with one attached hydrogen (secondary N) is 4. The number of nitrogens with zero attached hydrogens (tertiary/aromatic N) is 4. The van der Waals surface area contributed by atoms with Gasteiger partial charge in [0.1, 0.15) is 28.6 Å². The number of benzene rings is 2. The first kappa shape index (κ1) is 29.1. The monoisotopic (exact) mass is 634 g/mol. The molecule has 16 nitrogen and oxygen atoms in total. The number of H-pyrrole nitrogens is 1. The van der Waals surface area contributed by atoms with Gasteiger partial charge < -0.3 is 27.4 Å². The highest BCUT2D eigenvalue weighted by Gasteiger charge is 2.27. The number of fused-ring (bicyclic) bond motifs is 2. The van der Waals surface area contributed by atoms with Crippen molar-refractivity contribution in [3.8, 4) is 11.4 Å². The number of hydrogen-bond acceptors (Lipinski definition) is 12. The van der Waals surface area contributed by atoms with E-state index in [1.54, 1.807) is 12.1 Å². The smallest absolute Gasteiger partial charge is 0.394 e. The third kappa shape index (κ3) is 5.47. The Labute approximate surface area is 263 Å². The van der Waals surface area contributed by atoms with Gasteiger partial charge in [-0.25, -0.2) is 14.3 Å². The van der Waals surface area contributed by atoms with Crippen LogP contribution in [-0.4, -0.2) is 36.6 Å². The molecule has 2 amide bonds. The Morgan fingerprint density at radius 2 is 1.79 bits per heavy atom. The van der Waals surface area contributed by atoms with E-state index in [2.05, 4.69) is 40.7 Å². The second-order valence-electron chi connectivity index (χ2n) is 11.1. The summed E-state index contributed by atoms with van der Waals surface area (Å²) < 4.78 is 5.87. The second kappa shape index (κ2) is 11.4. The highest BCUT2D eigenvalue weighted by atomic mass is 16.5. The van der Waals surface area contributed by atoms with E-state index in [0.29, 0.717) is 24.2 Å². The van der Waals surface area contributed by atoms with Crippen molar-refractivity contribution in [1.82, 2.24) is 35.4 Å². The van der Waals surface area contributed by atoms with Crippen LogP contribution >= 0.6 is 0 Å². The topological polar surface area (TPSA) is 245 Å². The molecule has 0 bridgehead atoms. The van der Waals surface area contributed by atoms with E-state index in [-0.39, 0.29) is 53.4 Å². The number of aromatic nitrogens is 5. The summed E-state index contributed by atoms with van der Waals surface area (Å²) in [5, 5.41) is 16.6. The van der Waals surface area contributed by atoms with Gasteiger partial charge in [0.25, 0.3) is 22.7 Å². The Bertz CT molecular complexity index is 2350. The number of rotatable bonds is 9. The van der Waals surface area contributed by atoms with Crippen LogP contribution in [0.4, 0.5) is 17.2 Å². The molecule has 1 aliphatic rings. The Morgan fingerprint density at radius 3 is 2.55 bits per heavy atom. The lowest BCUT2D eigenvalue weighted by Gasteiger charge is -2.15.